The van der Waals surface area contributed by atoms with E-state index in [1.165, 1.54) is 0 Å². The monoisotopic (exact) mass is 438 g/mol. The van der Waals surface area contributed by atoms with Gasteiger partial charge < -0.3 is 14.8 Å². The summed E-state index contributed by atoms with van der Waals surface area (Å²) in [4.78, 5) is 19.6. The standard InChI is InChI=1S/C16H12Br2N2O3/c1-2-23-16(22)13-14(21)9-10(17)15(18)20-12(9)11(19-13)8-6-4-3-5-7-8/h3-7,20-21H,2H2,1H3. The second kappa shape index (κ2) is 6.33. The van der Waals surface area contributed by atoms with Gasteiger partial charge in [0.1, 0.15) is 0 Å². The van der Waals surface area contributed by atoms with Gasteiger partial charge in [-0.25, -0.2) is 9.78 Å². The van der Waals surface area contributed by atoms with Gasteiger partial charge in [-0.1, -0.05) is 30.3 Å². The Balaban J connectivity index is 2.37. The quantitative estimate of drug-likeness (QED) is 0.583. The number of nitrogens with one attached hydrogen (secondary N) is 1. The molecule has 1 aromatic carbocycles. The van der Waals surface area contributed by atoms with Crippen molar-refractivity contribution in [2.75, 3.05) is 6.61 Å². The van der Waals surface area contributed by atoms with Crippen molar-refractivity contribution in [2.45, 2.75) is 6.92 Å². The van der Waals surface area contributed by atoms with Gasteiger partial charge in [0.25, 0.3) is 0 Å². The fourth-order valence-corrected chi connectivity index (χ4v) is 3.21. The largest absolute Gasteiger partial charge is 0.505 e. The fraction of sp³-hybridized carbons (Fsp3) is 0.125. The van der Waals surface area contributed by atoms with E-state index in [1.54, 1.807) is 6.92 Å². The molecule has 2 N–H and O–H groups in total. The van der Waals surface area contributed by atoms with Crippen molar-refractivity contribution in [3.8, 4) is 17.0 Å². The number of hydrogen-bond donors (Lipinski definition) is 2. The van der Waals surface area contributed by atoms with Crippen LogP contribution >= 0.6 is 31.9 Å². The fourth-order valence-electron chi connectivity index (χ4n) is 2.33. The van der Waals surface area contributed by atoms with Crippen molar-refractivity contribution in [1.82, 2.24) is 9.97 Å². The molecule has 0 saturated heterocycles. The summed E-state index contributed by atoms with van der Waals surface area (Å²) in [6.07, 6.45) is 0. The second-order valence-electron chi connectivity index (χ2n) is 4.75. The Morgan fingerprint density at radius 2 is 2.00 bits per heavy atom. The maximum absolute atomic E-state index is 12.1. The van der Waals surface area contributed by atoms with E-state index in [0.717, 1.165) is 5.56 Å². The molecule has 0 aliphatic carbocycles. The summed E-state index contributed by atoms with van der Waals surface area (Å²) in [5.41, 5.74) is 1.91. The maximum Gasteiger partial charge on any atom is 0.360 e. The number of hydrogen-bond acceptors (Lipinski definition) is 4. The minimum atomic E-state index is -0.659. The summed E-state index contributed by atoms with van der Waals surface area (Å²) >= 11 is 6.80. The van der Waals surface area contributed by atoms with Gasteiger partial charge in [0.15, 0.2) is 11.4 Å². The molecule has 0 amide bonds. The molecule has 7 heteroatoms. The minimum Gasteiger partial charge on any atom is -0.505 e. The summed E-state index contributed by atoms with van der Waals surface area (Å²) in [5.74, 6) is -0.875. The molecule has 23 heavy (non-hydrogen) atoms. The average molecular weight is 440 g/mol. The number of fused-ring (bicyclic) bond motifs is 1. The number of nitrogens with zero attached hydrogens (tertiary/aromatic N) is 1. The summed E-state index contributed by atoms with van der Waals surface area (Å²) in [6, 6.07) is 9.43. The third kappa shape index (κ3) is 2.74. The normalized spacial score (nSPS) is 10.9. The van der Waals surface area contributed by atoms with Crippen molar-refractivity contribution in [2.24, 2.45) is 0 Å². The highest BCUT2D eigenvalue weighted by Gasteiger charge is 2.24. The molecule has 3 rings (SSSR count). The zero-order valence-corrected chi connectivity index (χ0v) is 15.2. The van der Waals surface area contributed by atoms with Crippen LogP contribution in [0.3, 0.4) is 0 Å². The number of esters is 1. The molecule has 0 bridgehead atoms. The van der Waals surface area contributed by atoms with E-state index >= 15 is 0 Å². The molecule has 3 aromatic rings. The van der Waals surface area contributed by atoms with E-state index in [-0.39, 0.29) is 18.1 Å². The minimum absolute atomic E-state index is 0.106. The topological polar surface area (TPSA) is 75.2 Å². The van der Waals surface area contributed by atoms with Crippen LogP contribution in [-0.4, -0.2) is 27.7 Å². The number of H-pyrrole nitrogens is 1. The molecule has 5 nitrogen and oxygen atoms in total. The van der Waals surface area contributed by atoms with Crippen molar-refractivity contribution in [3.63, 3.8) is 0 Å². The van der Waals surface area contributed by atoms with Gasteiger partial charge in [0.05, 0.1) is 32.3 Å². The molecule has 0 unspecified atom stereocenters. The summed E-state index contributed by atoms with van der Waals surface area (Å²) in [5, 5.41) is 11.0. The highest BCUT2D eigenvalue weighted by atomic mass is 79.9. The van der Waals surface area contributed by atoms with Crippen LogP contribution in [0.1, 0.15) is 17.4 Å². The summed E-state index contributed by atoms with van der Waals surface area (Å²) in [6.45, 7) is 1.91. The van der Waals surface area contributed by atoms with Crippen LogP contribution in [0.2, 0.25) is 0 Å². The van der Waals surface area contributed by atoms with E-state index in [1.807, 2.05) is 30.3 Å². The van der Waals surface area contributed by atoms with Gasteiger partial charge in [0, 0.05) is 5.56 Å². The molecule has 2 aromatic heterocycles. The van der Waals surface area contributed by atoms with Gasteiger partial charge in [0.2, 0.25) is 0 Å². The lowest BCUT2D eigenvalue weighted by Crippen LogP contribution is -2.08. The first-order valence-electron chi connectivity index (χ1n) is 6.86. The SMILES string of the molecule is CCOC(=O)c1nc(-c2ccccc2)c2[nH]c(Br)c(Br)c2c1O. The second-order valence-corrected chi connectivity index (χ2v) is 6.33. The Kier molecular flexibility index (Phi) is 4.41. The zero-order valence-electron chi connectivity index (χ0n) is 12.1. The van der Waals surface area contributed by atoms with Crippen LogP contribution in [0.25, 0.3) is 22.2 Å². The predicted molar refractivity (Wildman–Crippen MR) is 94.6 cm³/mol. The number of carbonyl (C=O) groups excluding carboxylic acids is 1. The number of halogens is 2. The number of benzene rings is 1. The molecule has 118 valence electrons. The van der Waals surface area contributed by atoms with Crippen LogP contribution in [0.4, 0.5) is 0 Å². The Morgan fingerprint density at radius 1 is 1.30 bits per heavy atom. The number of aromatic hydroxyl groups is 1. The molecule has 0 fully saturated rings. The molecular formula is C16H12Br2N2O3. The number of ether oxygens (including phenoxy) is 1. The Hall–Kier alpha value is -1.86. The smallest absolute Gasteiger partial charge is 0.360 e. The Bertz CT molecular complexity index is 891. The lowest BCUT2D eigenvalue weighted by molar-refractivity contribution is 0.0516. The number of carbonyl (C=O) groups is 1. The number of aromatic nitrogens is 2. The third-order valence-electron chi connectivity index (χ3n) is 3.33. The average Bonchev–Trinajstić information content (AvgIpc) is 2.85. The van der Waals surface area contributed by atoms with Crippen LogP contribution in [0.5, 0.6) is 5.75 Å². The Labute approximate surface area is 148 Å². The summed E-state index contributed by atoms with van der Waals surface area (Å²) in [7, 11) is 0. The molecular weight excluding hydrogens is 428 g/mol. The zero-order chi connectivity index (χ0) is 16.6. The molecule has 2 heterocycles. The lowest BCUT2D eigenvalue weighted by atomic mass is 10.1. The molecule has 0 aliphatic heterocycles. The van der Waals surface area contributed by atoms with Crippen LogP contribution in [0.15, 0.2) is 39.4 Å². The number of rotatable bonds is 3. The van der Waals surface area contributed by atoms with Crippen LogP contribution < -0.4 is 0 Å². The van der Waals surface area contributed by atoms with Crippen molar-refractivity contribution >= 4 is 48.7 Å². The molecule has 0 spiro atoms. The molecule has 0 aliphatic rings. The first-order chi connectivity index (χ1) is 11.0. The van der Waals surface area contributed by atoms with E-state index < -0.39 is 5.97 Å². The number of pyridine rings is 1. The maximum atomic E-state index is 12.1. The van der Waals surface area contributed by atoms with Crippen LogP contribution in [0, 0.1) is 0 Å². The van der Waals surface area contributed by atoms with E-state index in [2.05, 4.69) is 41.8 Å². The van der Waals surface area contributed by atoms with E-state index in [9.17, 15) is 9.90 Å². The lowest BCUT2D eigenvalue weighted by Gasteiger charge is -2.09. The molecule has 0 atom stereocenters. The van der Waals surface area contributed by atoms with Gasteiger partial charge in [-0.3, -0.25) is 0 Å². The van der Waals surface area contributed by atoms with Gasteiger partial charge >= 0.3 is 5.97 Å². The molecule has 0 radical (unpaired) electrons. The molecule has 0 saturated carbocycles. The summed E-state index contributed by atoms with van der Waals surface area (Å²) < 4.78 is 6.27. The number of aromatic amines is 1. The van der Waals surface area contributed by atoms with Gasteiger partial charge in [-0.2, -0.15) is 0 Å². The van der Waals surface area contributed by atoms with Crippen molar-refractivity contribution in [3.05, 3.63) is 45.1 Å². The van der Waals surface area contributed by atoms with Crippen LogP contribution in [-0.2, 0) is 4.74 Å². The highest BCUT2D eigenvalue weighted by Crippen LogP contribution is 2.42. The van der Waals surface area contributed by atoms with Gasteiger partial charge in [-0.15, -0.1) is 0 Å². The van der Waals surface area contributed by atoms with Gasteiger partial charge in [-0.05, 0) is 38.8 Å². The predicted octanol–water partition coefficient (Wildman–Crippen LogP) is 4.64. The van der Waals surface area contributed by atoms with Crippen molar-refractivity contribution < 1.29 is 14.6 Å². The third-order valence-corrected chi connectivity index (χ3v) is 5.25. The van der Waals surface area contributed by atoms with Crippen molar-refractivity contribution in [1.29, 1.82) is 0 Å². The Morgan fingerprint density at radius 3 is 2.65 bits per heavy atom. The van der Waals surface area contributed by atoms with E-state index in [4.69, 9.17) is 4.74 Å². The first kappa shape index (κ1) is 16.0. The first-order valence-corrected chi connectivity index (χ1v) is 8.45. The van der Waals surface area contributed by atoms with E-state index in [0.29, 0.717) is 25.7 Å². The highest BCUT2D eigenvalue weighted by molar-refractivity contribution is 9.13.